The van der Waals surface area contributed by atoms with Crippen LogP contribution in [0.25, 0.3) is 0 Å². The molecule has 0 radical (unpaired) electrons. The molecule has 1 fully saturated rings. The maximum absolute atomic E-state index is 10.2. The average molecular weight is 327 g/mol. The van der Waals surface area contributed by atoms with Crippen molar-refractivity contribution in [2.24, 2.45) is 5.41 Å². The van der Waals surface area contributed by atoms with Crippen LogP contribution in [0.3, 0.4) is 0 Å². The van der Waals surface area contributed by atoms with Crippen LogP contribution < -0.4 is 14.8 Å². The number of hydrogen-bond donors (Lipinski definition) is 2. The fourth-order valence-electron chi connectivity index (χ4n) is 3.77. The van der Waals surface area contributed by atoms with E-state index in [4.69, 9.17) is 9.47 Å². The van der Waals surface area contributed by atoms with Crippen LogP contribution >= 0.6 is 0 Å². The molecule has 1 aliphatic rings. The van der Waals surface area contributed by atoms with E-state index in [-0.39, 0.29) is 17.9 Å². The molecule has 0 amide bonds. The predicted octanol–water partition coefficient (Wildman–Crippen LogP) is 2.61. The van der Waals surface area contributed by atoms with E-state index < -0.39 is 0 Å². The molecule has 1 heterocycles. The number of methoxy groups -OCH3 is 2. The fourth-order valence-corrected chi connectivity index (χ4v) is 3.77. The van der Waals surface area contributed by atoms with Gasteiger partial charge in [-0.3, -0.25) is 0 Å². The minimum atomic E-state index is -0.207. The standard InChI is InChI=1S/C20H25NO3/c1-23-18-9-8-15(10-19(18)24-2)11-20(14-22)13-21-12-17(20)16-6-4-3-5-7-16/h3-10,17,21-22H,11-14H2,1-2H3. The first kappa shape index (κ1) is 16.8. The van der Waals surface area contributed by atoms with E-state index in [9.17, 15) is 5.11 Å². The molecule has 0 spiro atoms. The third-order valence-electron chi connectivity index (χ3n) is 5.09. The molecular weight excluding hydrogens is 302 g/mol. The first-order chi connectivity index (χ1) is 11.7. The summed E-state index contributed by atoms with van der Waals surface area (Å²) in [4.78, 5) is 0. The van der Waals surface area contributed by atoms with Crippen molar-refractivity contribution in [1.82, 2.24) is 5.32 Å². The Hall–Kier alpha value is -2.04. The molecule has 2 aromatic carbocycles. The maximum Gasteiger partial charge on any atom is 0.160 e. The van der Waals surface area contributed by atoms with E-state index in [1.807, 2.05) is 18.2 Å². The molecule has 0 saturated carbocycles. The molecule has 0 aliphatic carbocycles. The van der Waals surface area contributed by atoms with Crippen molar-refractivity contribution >= 4 is 0 Å². The average Bonchev–Trinajstić information content (AvgIpc) is 3.06. The molecule has 0 bridgehead atoms. The van der Waals surface area contributed by atoms with Gasteiger partial charge in [-0.1, -0.05) is 36.4 Å². The monoisotopic (exact) mass is 327 g/mol. The minimum absolute atomic E-state index is 0.147. The lowest BCUT2D eigenvalue weighted by Gasteiger charge is -2.33. The molecular formula is C20H25NO3. The lowest BCUT2D eigenvalue weighted by molar-refractivity contribution is 0.126. The van der Waals surface area contributed by atoms with Crippen molar-refractivity contribution in [3.05, 3.63) is 59.7 Å². The van der Waals surface area contributed by atoms with Crippen LogP contribution in [0.15, 0.2) is 48.5 Å². The highest BCUT2D eigenvalue weighted by molar-refractivity contribution is 5.43. The summed E-state index contributed by atoms with van der Waals surface area (Å²) in [5.74, 6) is 1.74. The molecule has 1 saturated heterocycles. The quantitative estimate of drug-likeness (QED) is 0.856. The van der Waals surface area contributed by atoms with Gasteiger partial charge in [0, 0.05) is 24.4 Å². The van der Waals surface area contributed by atoms with Gasteiger partial charge in [-0.05, 0) is 29.7 Å². The van der Waals surface area contributed by atoms with Gasteiger partial charge in [0.2, 0.25) is 0 Å². The minimum Gasteiger partial charge on any atom is -0.493 e. The molecule has 0 aromatic heterocycles. The smallest absolute Gasteiger partial charge is 0.160 e. The van der Waals surface area contributed by atoms with Crippen LogP contribution in [-0.4, -0.2) is 39.0 Å². The fraction of sp³-hybridized carbons (Fsp3) is 0.400. The topological polar surface area (TPSA) is 50.7 Å². The van der Waals surface area contributed by atoms with Crippen molar-refractivity contribution in [1.29, 1.82) is 0 Å². The van der Waals surface area contributed by atoms with Crippen molar-refractivity contribution in [2.75, 3.05) is 33.9 Å². The molecule has 2 atom stereocenters. The first-order valence-corrected chi connectivity index (χ1v) is 8.30. The number of ether oxygens (including phenoxy) is 2. The molecule has 128 valence electrons. The predicted molar refractivity (Wildman–Crippen MR) is 94.8 cm³/mol. The summed E-state index contributed by atoms with van der Waals surface area (Å²) in [5.41, 5.74) is 2.21. The second-order valence-electron chi connectivity index (χ2n) is 6.48. The molecule has 4 heteroatoms. The number of nitrogens with one attached hydrogen (secondary N) is 1. The Morgan fingerprint density at radius 3 is 2.50 bits per heavy atom. The van der Waals surface area contributed by atoms with Gasteiger partial charge in [0.05, 0.1) is 20.8 Å². The Labute approximate surface area is 143 Å². The number of benzene rings is 2. The van der Waals surface area contributed by atoms with Crippen LogP contribution in [0.4, 0.5) is 0 Å². The Morgan fingerprint density at radius 1 is 1.08 bits per heavy atom. The van der Waals surface area contributed by atoms with Crippen molar-refractivity contribution in [3.8, 4) is 11.5 Å². The largest absolute Gasteiger partial charge is 0.493 e. The highest BCUT2D eigenvalue weighted by Crippen LogP contribution is 2.42. The van der Waals surface area contributed by atoms with Gasteiger partial charge in [-0.15, -0.1) is 0 Å². The SMILES string of the molecule is COc1ccc(CC2(CO)CNCC2c2ccccc2)cc1OC. The van der Waals surface area contributed by atoms with Gasteiger partial charge in [-0.25, -0.2) is 0 Å². The van der Waals surface area contributed by atoms with Crippen LogP contribution in [0.5, 0.6) is 11.5 Å². The van der Waals surface area contributed by atoms with Gasteiger partial charge in [0.1, 0.15) is 0 Å². The van der Waals surface area contributed by atoms with Crippen LogP contribution in [0.2, 0.25) is 0 Å². The van der Waals surface area contributed by atoms with Crippen LogP contribution in [0.1, 0.15) is 17.0 Å². The Balaban J connectivity index is 1.90. The molecule has 24 heavy (non-hydrogen) atoms. The lowest BCUT2D eigenvalue weighted by atomic mass is 9.71. The van der Waals surface area contributed by atoms with E-state index in [1.165, 1.54) is 5.56 Å². The number of aliphatic hydroxyl groups excluding tert-OH is 1. The Bertz CT molecular complexity index is 674. The van der Waals surface area contributed by atoms with Gasteiger partial charge in [0.15, 0.2) is 11.5 Å². The summed E-state index contributed by atoms with van der Waals surface area (Å²) in [5, 5.41) is 13.7. The van der Waals surface area contributed by atoms with Gasteiger partial charge < -0.3 is 19.9 Å². The molecule has 1 aliphatic heterocycles. The Kier molecular flexibility index (Phi) is 5.07. The highest BCUT2D eigenvalue weighted by Gasteiger charge is 2.43. The third-order valence-corrected chi connectivity index (χ3v) is 5.09. The van der Waals surface area contributed by atoms with E-state index in [1.54, 1.807) is 14.2 Å². The second kappa shape index (κ2) is 7.24. The van der Waals surface area contributed by atoms with E-state index in [2.05, 4.69) is 35.6 Å². The van der Waals surface area contributed by atoms with E-state index in [0.29, 0.717) is 0 Å². The summed E-state index contributed by atoms with van der Waals surface area (Å²) in [6.07, 6.45) is 0.788. The van der Waals surface area contributed by atoms with Gasteiger partial charge in [-0.2, -0.15) is 0 Å². The van der Waals surface area contributed by atoms with Crippen molar-refractivity contribution in [3.63, 3.8) is 0 Å². The summed E-state index contributed by atoms with van der Waals surface area (Å²) in [7, 11) is 3.28. The molecule has 2 aromatic rings. The molecule has 2 unspecified atom stereocenters. The maximum atomic E-state index is 10.2. The summed E-state index contributed by atoms with van der Waals surface area (Å²) >= 11 is 0. The zero-order valence-electron chi connectivity index (χ0n) is 14.3. The second-order valence-corrected chi connectivity index (χ2v) is 6.48. The lowest BCUT2D eigenvalue weighted by Crippen LogP contribution is -2.35. The molecule has 3 rings (SSSR count). The number of hydrogen-bond acceptors (Lipinski definition) is 4. The highest BCUT2D eigenvalue weighted by atomic mass is 16.5. The zero-order valence-corrected chi connectivity index (χ0v) is 14.3. The normalized spacial score (nSPS) is 23.2. The number of aliphatic hydroxyl groups is 1. The van der Waals surface area contributed by atoms with Crippen LogP contribution in [-0.2, 0) is 6.42 Å². The van der Waals surface area contributed by atoms with Gasteiger partial charge >= 0.3 is 0 Å². The molecule has 4 nitrogen and oxygen atoms in total. The Morgan fingerprint density at radius 2 is 1.83 bits per heavy atom. The van der Waals surface area contributed by atoms with Crippen molar-refractivity contribution < 1.29 is 14.6 Å². The van der Waals surface area contributed by atoms with E-state index in [0.717, 1.165) is 36.6 Å². The zero-order chi connectivity index (χ0) is 17.0. The third kappa shape index (κ3) is 3.12. The summed E-state index contributed by atoms with van der Waals surface area (Å²) in [6, 6.07) is 16.4. The van der Waals surface area contributed by atoms with Crippen molar-refractivity contribution in [2.45, 2.75) is 12.3 Å². The molecule has 2 N–H and O–H groups in total. The summed E-state index contributed by atoms with van der Waals surface area (Å²) in [6.45, 7) is 1.84. The van der Waals surface area contributed by atoms with E-state index >= 15 is 0 Å². The van der Waals surface area contributed by atoms with Crippen LogP contribution in [0, 0.1) is 5.41 Å². The van der Waals surface area contributed by atoms with Gasteiger partial charge in [0.25, 0.3) is 0 Å². The first-order valence-electron chi connectivity index (χ1n) is 8.30. The summed E-state index contributed by atoms with van der Waals surface area (Å²) < 4.78 is 10.7. The number of rotatable bonds is 6.